The molecule has 2 aromatic rings. The van der Waals surface area contributed by atoms with E-state index in [1.165, 1.54) is 0 Å². The summed E-state index contributed by atoms with van der Waals surface area (Å²) in [4.78, 5) is 10.3. The van der Waals surface area contributed by atoms with Crippen LogP contribution in [0.25, 0.3) is 0 Å². The Morgan fingerprint density at radius 3 is 1.84 bits per heavy atom. The molecule has 0 N–H and O–H groups in total. The molecular weight excluding hydrogens is 256 g/mol. The first-order valence-corrected chi connectivity index (χ1v) is 8.48. The zero-order valence-electron chi connectivity index (χ0n) is 10.8. The van der Waals surface area contributed by atoms with Gasteiger partial charge in [-0.15, -0.1) is 0 Å². The molecule has 98 valence electrons. The van der Waals surface area contributed by atoms with Crippen LogP contribution >= 0.6 is 0 Å². The minimum atomic E-state index is -2.32. The first-order chi connectivity index (χ1) is 9.27. The SMILES string of the molecule is C[Si](OCOC=O)(c1ccccc1)c1ccccc1. The highest BCUT2D eigenvalue weighted by molar-refractivity contribution is 6.96. The first kappa shape index (κ1) is 13.5. The van der Waals surface area contributed by atoms with E-state index in [1.54, 1.807) is 0 Å². The topological polar surface area (TPSA) is 35.5 Å². The summed E-state index contributed by atoms with van der Waals surface area (Å²) in [5.41, 5.74) is 0. The van der Waals surface area contributed by atoms with Crippen LogP contribution in [0, 0.1) is 0 Å². The van der Waals surface area contributed by atoms with Crippen LogP contribution in [0.4, 0.5) is 0 Å². The molecule has 0 aliphatic heterocycles. The Morgan fingerprint density at radius 1 is 0.947 bits per heavy atom. The summed E-state index contributed by atoms with van der Waals surface area (Å²) >= 11 is 0. The molecular formula is C15H16O3Si. The van der Waals surface area contributed by atoms with E-state index in [0.717, 1.165) is 10.4 Å². The van der Waals surface area contributed by atoms with Crippen molar-refractivity contribution in [3.63, 3.8) is 0 Å². The van der Waals surface area contributed by atoms with Gasteiger partial charge in [-0.3, -0.25) is 4.79 Å². The third kappa shape index (κ3) is 3.10. The molecule has 0 radical (unpaired) electrons. The lowest BCUT2D eigenvalue weighted by Gasteiger charge is -2.27. The smallest absolute Gasteiger partial charge is 0.295 e. The van der Waals surface area contributed by atoms with Crippen molar-refractivity contribution in [2.45, 2.75) is 6.55 Å². The maximum absolute atomic E-state index is 10.3. The van der Waals surface area contributed by atoms with Gasteiger partial charge in [0.05, 0.1) is 0 Å². The van der Waals surface area contributed by atoms with E-state index in [4.69, 9.17) is 9.16 Å². The van der Waals surface area contributed by atoms with Crippen molar-refractivity contribution in [3.8, 4) is 0 Å². The van der Waals surface area contributed by atoms with Crippen LogP contribution in [-0.4, -0.2) is 21.6 Å². The summed E-state index contributed by atoms with van der Waals surface area (Å²) in [6.45, 7) is 2.49. The third-order valence-electron chi connectivity index (χ3n) is 3.13. The van der Waals surface area contributed by atoms with Gasteiger partial charge in [0.25, 0.3) is 14.8 Å². The fourth-order valence-electron chi connectivity index (χ4n) is 2.03. The Bertz CT molecular complexity index is 474. The van der Waals surface area contributed by atoms with Crippen molar-refractivity contribution < 1.29 is 14.0 Å². The van der Waals surface area contributed by atoms with E-state index in [9.17, 15) is 4.79 Å². The lowest BCUT2D eigenvalue weighted by Crippen LogP contribution is -2.58. The predicted octanol–water partition coefficient (Wildman–Crippen LogP) is 1.52. The molecule has 19 heavy (non-hydrogen) atoms. The summed E-state index contributed by atoms with van der Waals surface area (Å²) in [7, 11) is -2.32. The molecule has 0 unspecified atom stereocenters. The Labute approximate surface area is 113 Å². The van der Waals surface area contributed by atoms with Gasteiger partial charge in [0.15, 0.2) is 6.79 Å². The van der Waals surface area contributed by atoms with Gasteiger partial charge >= 0.3 is 0 Å². The molecule has 4 heteroatoms. The summed E-state index contributed by atoms with van der Waals surface area (Å²) in [5, 5.41) is 2.30. The lowest BCUT2D eigenvalue weighted by atomic mass is 10.4. The van der Waals surface area contributed by atoms with Crippen LogP contribution < -0.4 is 10.4 Å². The largest absolute Gasteiger partial charge is 0.442 e. The molecule has 0 amide bonds. The van der Waals surface area contributed by atoms with E-state index in [1.807, 2.05) is 36.4 Å². The Kier molecular flexibility index (Phi) is 4.49. The quantitative estimate of drug-likeness (QED) is 0.346. The van der Waals surface area contributed by atoms with Crippen LogP contribution in [0.5, 0.6) is 0 Å². The molecule has 2 aromatic carbocycles. The second kappa shape index (κ2) is 6.31. The van der Waals surface area contributed by atoms with Crippen LogP contribution in [-0.2, 0) is 14.0 Å². The second-order valence-corrected chi connectivity index (χ2v) is 7.80. The van der Waals surface area contributed by atoms with E-state index < -0.39 is 8.32 Å². The summed E-state index contributed by atoms with van der Waals surface area (Å²) in [6, 6.07) is 20.2. The zero-order chi connectivity index (χ0) is 13.6. The molecule has 0 saturated heterocycles. The Balaban J connectivity index is 2.35. The molecule has 0 aliphatic rings. The van der Waals surface area contributed by atoms with Crippen LogP contribution in [0.2, 0.25) is 6.55 Å². The third-order valence-corrected chi connectivity index (χ3v) is 6.70. The monoisotopic (exact) mass is 272 g/mol. The van der Waals surface area contributed by atoms with E-state index in [-0.39, 0.29) is 6.79 Å². The Morgan fingerprint density at radius 2 is 1.42 bits per heavy atom. The molecule has 2 rings (SSSR count). The average molecular weight is 272 g/mol. The minimum Gasteiger partial charge on any atom is -0.442 e. The number of benzene rings is 2. The van der Waals surface area contributed by atoms with Crippen LogP contribution in [0.1, 0.15) is 0 Å². The average Bonchev–Trinajstić information content (AvgIpc) is 2.49. The van der Waals surface area contributed by atoms with Gasteiger partial charge < -0.3 is 9.16 Å². The fraction of sp³-hybridized carbons (Fsp3) is 0.133. The molecule has 0 atom stereocenters. The summed E-state index contributed by atoms with van der Waals surface area (Å²) in [5.74, 6) is 0. The van der Waals surface area contributed by atoms with Gasteiger partial charge in [-0.1, -0.05) is 60.7 Å². The zero-order valence-corrected chi connectivity index (χ0v) is 11.8. The maximum Gasteiger partial charge on any atom is 0.295 e. The van der Waals surface area contributed by atoms with Gasteiger partial charge in [-0.25, -0.2) is 0 Å². The molecule has 0 aliphatic carbocycles. The normalized spacial score (nSPS) is 11.0. The van der Waals surface area contributed by atoms with E-state index in [2.05, 4.69) is 30.8 Å². The Hall–Kier alpha value is -1.91. The van der Waals surface area contributed by atoms with Crippen molar-refractivity contribution >= 4 is 25.2 Å². The minimum absolute atomic E-state index is 0.0178. The van der Waals surface area contributed by atoms with Gasteiger partial charge in [-0.05, 0) is 16.9 Å². The second-order valence-electron chi connectivity index (χ2n) is 4.29. The van der Waals surface area contributed by atoms with Gasteiger partial charge in [0.2, 0.25) is 0 Å². The summed E-state index contributed by atoms with van der Waals surface area (Å²) in [6.07, 6.45) is 0. The standard InChI is InChI=1S/C15H16O3Si/c1-19(18-13-17-12-16,14-8-4-2-5-9-14)15-10-6-3-7-11-15/h2-12H,13H2,1H3. The molecule has 3 nitrogen and oxygen atoms in total. The number of carbonyl (C=O) groups is 1. The van der Waals surface area contributed by atoms with E-state index >= 15 is 0 Å². The molecule has 0 aromatic heterocycles. The number of ether oxygens (including phenoxy) is 1. The first-order valence-electron chi connectivity index (χ1n) is 6.07. The lowest BCUT2D eigenvalue weighted by molar-refractivity contribution is -0.134. The van der Waals surface area contributed by atoms with Crippen molar-refractivity contribution in [2.24, 2.45) is 0 Å². The molecule has 0 bridgehead atoms. The van der Waals surface area contributed by atoms with Crippen molar-refractivity contribution in [2.75, 3.05) is 6.79 Å². The highest BCUT2D eigenvalue weighted by atomic mass is 28.4. The molecule has 0 saturated carbocycles. The van der Waals surface area contributed by atoms with Crippen molar-refractivity contribution in [1.82, 2.24) is 0 Å². The van der Waals surface area contributed by atoms with Crippen molar-refractivity contribution in [1.29, 1.82) is 0 Å². The van der Waals surface area contributed by atoms with E-state index in [0.29, 0.717) is 6.47 Å². The predicted molar refractivity (Wildman–Crippen MR) is 76.9 cm³/mol. The highest BCUT2D eigenvalue weighted by Gasteiger charge is 2.34. The highest BCUT2D eigenvalue weighted by Crippen LogP contribution is 2.07. The molecule has 0 heterocycles. The number of rotatable bonds is 6. The van der Waals surface area contributed by atoms with Crippen LogP contribution in [0.15, 0.2) is 60.7 Å². The van der Waals surface area contributed by atoms with Gasteiger partial charge in [-0.2, -0.15) is 0 Å². The van der Waals surface area contributed by atoms with Crippen molar-refractivity contribution in [3.05, 3.63) is 60.7 Å². The molecule has 0 spiro atoms. The molecule has 0 fully saturated rings. The number of hydrogen-bond acceptors (Lipinski definition) is 3. The van der Waals surface area contributed by atoms with Gasteiger partial charge in [0.1, 0.15) is 0 Å². The van der Waals surface area contributed by atoms with Gasteiger partial charge in [0, 0.05) is 0 Å². The fourth-order valence-corrected chi connectivity index (χ4v) is 4.65. The van der Waals surface area contributed by atoms with Crippen LogP contribution in [0.3, 0.4) is 0 Å². The maximum atomic E-state index is 10.3. The number of hydrogen-bond donors (Lipinski definition) is 0. The summed E-state index contributed by atoms with van der Waals surface area (Å²) < 4.78 is 10.6. The number of carbonyl (C=O) groups excluding carboxylic acids is 1.